The molecule has 0 aliphatic heterocycles. The molecule has 0 atom stereocenters. The minimum absolute atomic E-state index is 0.323. The highest BCUT2D eigenvalue weighted by molar-refractivity contribution is 6.61. The number of rotatable bonds is 2. The maximum absolute atomic E-state index is 10.4. The summed E-state index contributed by atoms with van der Waals surface area (Å²) in [6.07, 6.45) is 0. The van der Waals surface area contributed by atoms with Gasteiger partial charge in [-0.3, -0.25) is 0 Å². The van der Waals surface area contributed by atoms with Crippen molar-refractivity contribution in [3.05, 3.63) is 29.8 Å². The van der Waals surface area contributed by atoms with E-state index in [4.69, 9.17) is 34.8 Å². The Morgan fingerprint density at radius 3 is 2.62 bits per heavy atom. The van der Waals surface area contributed by atoms with Gasteiger partial charge in [-0.2, -0.15) is 0 Å². The molecule has 0 fully saturated rings. The van der Waals surface area contributed by atoms with Gasteiger partial charge in [-0.25, -0.2) is 4.79 Å². The molecule has 5 heteroatoms. The van der Waals surface area contributed by atoms with Gasteiger partial charge in [0.15, 0.2) is 0 Å². The van der Waals surface area contributed by atoms with Crippen LogP contribution in [0.25, 0.3) is 0 Å². The first-order chi connectivity index (χ1) is 6.09. The molecule has 1 aromatic rings. The summed E-state index contributed by atoms with van der Waals surface area (Å²) in [7, 11) is 0. The molecule has 0 spiro atoms. The van der Waals surface area contributed by atoms with Crippen LogP contribution in [0.5, 0.6) is 5.75 Å². The standard InChI is InChI=1S/C8H5Cl3O2/c9-7(10)5-2-1-3-6(4-5)13-8(11)12/h1-4,7H. The molecule has 0 aliphatic rings. The van der Waals surface area contributed by atoms with Crippen LogP contribution in [0.2, 0.25) is 0 Å². The van der Waals surface area contributed by atoms with E-state index in [1.165, 1.54) is 0 Å². The number of ether oxygens (including phenoxy) is 1. The summed E-state index contributed by atoms with van der Waals surface area (Å²) in [5.74, 6) is 0.323. The van der Waals surface area contributed by atoms with Gasteiger partial charge in [0, 0.05) is 11.6 Å². The molecule has 0 unspecified atom stereocenters. The molecule has 0 saturated carbocycles. The minimum atomic E-state index is -0.891. The van der Waals surface area contributed by atoms with Crippen molar-refractivity contribution in [3.63, 3.8) is 0 Å². The van der Waals surface area contributed by atoms with E-state index in [-0.39, 0.29) is 0 Å². The lowest BCUT2D eigenvalue weighted by molar-refractivity contribution is 0.225. The Morgan fingerprint density at radius 1 is 1.38 bits per heavy atom. The molecule has 0 bridgehead atoms. The third-order valence-electron chi connectivity index (χ3n) is 1.31. The maximum Gasteiger partial charge on any atom is 0.409 e. The zero-order valence-corrected chi connectivity index (χ0v) is 8.60. The Bertz CT molecular complexity index is 312. The number of carbonyl (C=O) groups is 1. The van der Waals surface area contributed by atoms with Gasteiger partial charge in [0.1, 0.15) is 10.6 Å². The summed E-state index contributed by atoms with van der Waals surface area (Å²) in [4.78, 5) is 9.73. The molecule has 1 rings (SSSR count). The second kappa shape index (κ2) is 4.70. The Kier molecular flexibility index (Phi) is 3.85. The Morgan fingerprint density at radius 2 is 2.08 bits per heavy atom. The van der Waals surface area contributed by atoms with E-state index in [1.807, 2.05) is 0 Å². The number of carbonyl (C=O) groups excluding carboxylic acids is 1. The smallest absolute Gasteiger partial charge is 0.409 e. The van der Waals surface area contributed by atoms with Crippen LogP contribution in [0.4, 0.5) is 4.79 Å². The zero-order valence-electron chi connectivity index (χ0n) is 6.34. The van der Waals surface area contributed by atoms with Crippen molar-refractivity contribution in [2.75, 3.05) is 0 Å². The number of hydrogen-bond donors (Lipinski definition) is 0. The molecule has 70 valence electrons. The molecule has 0 saturated heterocycles. The summed E-state index contributed by atoms with van der Waals surface area (Å²) >= 11 is 16.2. The van der Waals surface area contributed by atoms with E-state index in [2.05, 4.69) is 4.74 Å². The third-order valence-corrected chi connectivity index (χ3v) is 1.89. The SMILES string of the molecule is O=C(Cl)Oc1cccc(C(Cl)Cl)c1. The second-order valence-electron chi connectivity index (χ2n) is 2.21. The van der Waals surface area contributed by atoms with Crippen LogP contribution in [0.1, 0.15) is 10.4 Å². The lowest BCUT2D eigenvalue weighted by atomic mass is 10.2. The van der Waals surface area contributed by atoms with Gasteiger partial charge in [-0.05, 0) is 17.7 Å². The molecular weight excluding hydrogens is 234 g/mol. The summed E-state index contributed by atoms with van der Waals surface area (Å²) in [5, 5.41) is 0. The fourth-order valence-electron chi connectivity index (χ4n) is 0.806. The van der Waals surface area contributed by atoms with Gasteiger partial charge < -0.3 is 4.74 Å². The first-order valence-corrected chi connectivity index (χ1v) is 4.60. The van der Waals surface area contributed by atoms with Crippen molar-refractivity contribution < 1.29 is 9.53 Å². The largest absolute Gasteiger partial charge is 0.414 e. The number of alkyl halides is 2. The minimum Gasteiger partial charge on any atom is -0.414 e. The fourth-order valence-corrected chi connectivity index (χ4v) is 1.17. The molecular formula is C8H5Cl3O2. The number of hydrogen-bond acceptors (Lipinski definition) is 2. The summed E-state index contributed by atoms with van der Waals surface area (Å²) in [5.41, 5.74) is -0.239. The average Bonchev–Trinajstić information content (AvgIpc) is 2.03. The van der Waals surface area contributed by atoms with Crippen LogP contribution in [0.15, 0.2) is 24.3 Å². The number of halogens is 3. The molecule has 0 radical (unpaired) electrons. The van der Waals surface area contributed by atoms with Crippen LogP contribution < -0.4 is 4.74 Å². The average molecular weight is 239 g/mol. The van der Waals surface area contributed by atoms with Crippen LogP contribution >= 0.6 is 34.8 Å². The summed E-state index contributed by atoms with van der Waals surface area (Å²) in [6.45, 7) is 0. The monoisotopic (exact) mass is 238 g/mol. The Hall–Kier alpha value is -0.440. The highest BCUT2D eigenvalue weighted by Crippen LogP contribution is 2.27. The Balaban J connectivity index is 2.85. The lowest BCUT2D eigenvalue weighted by Gasteiger charge is -2.03. The van der Waals surface area contributed by atoms with Gasteiger partial charge in [0.25, 0.3) is 0 Å². The zero-order chi connectivity index (χ0) is 9.84. The third kappa shape index (κ3) is 3.43. The molecule has 0 aromatic heterocycles. The molecule has 2 nitrogen and oxygen atoms in total. The van der Waals surface area contributed by atoms with E-state index >= 15 is 0 Å². The van der Waals surface area contributed by atoms with E-state index in [1.54, 1.807) is 24.3 Å². The quantitative estimate of drug-likeness (QED) is 0.578. The van der Waals surface area contributed by atoms with Crippen molar-refractivity contribution >= 4 is 40.2 Å². The lowest BCUT2D eigenvalue weighted by Crippen LogP contribution is -1.96. The van der Waals surface area contributed by atoms with Crippen molar-refractivity contribution in [2.45, 2.75) is 4.84 Å². The van der Waals surface area contributed by atoms with Gasteiger partial charge in [-0.15, -0.1) is 23.2 Å². The van der Waals surface area contributed by atoms with Gasteiger partial charge in [0.2, 0.25) is 0 Å². The molecule has 13 heavy (non-hydrogen) atoms. The summed E-state index contributed by atoms with van der Waals surface area (Å²) in [6, 6.07) is 6.52. The number of benzene rings is 1. The van der Waals surface area contributed by atoms with Crippen molar-refractivity contribution in [3.8, 4) is 5.75 Å². The molecule has 0 amide bonds. The topological polar surface area (TPSA) is 26.3 Å². The first-order valence-electron chi connectivity index (χ1n) is 3.35. The highest BCUT2D eigenvalue weighted by atomic mass is 35.5. The van der Waals surface area contributed by atoms with E-state index in [0.717, 1.165) is 0 Å². The summed E-state index contributed by atoms with van der Waals surface area (Å²) < 4.78 is 4.61. The maximum atomic E-state index is 10.4. The van der Waals surface area contributed by atoms with Crippen molar-refractivity contribution in [1.82, 2.24) is 0 Å². The first kappa shape index (κ1) is 10.6. The second-order valence-corrected chi connectivity index (χ2v) is 3.62. The van der Waals surface area contributed by atoms with Crippen molar-refractivity contribution in [2.24, 2.45) is 0 Å². The van der Waals surface area contributed by atoms with E-state index in [9.17, 15) is 4.79 Å². The van der Waals surface area contributed by atoms with Crippen LogP contribution in [0.3, 0.4) is 0 Å². The predicted octanol–water partition coefficient (Wildman–Crippen LogP) is 3.90. The van der Waals surface area contributed by atoms with Crippen LogP contribution in [-0.4, -0.2) is 5.43 Å². The van der Waals surface area contributed by atoms with Gasteiger partial charge in [0.05, 0.1) is 0 Å². The molecule has 0 heterocycles. The van der Waals surface area contributed by atoms with Gasteiger partial charge >= 0.3 is 5.43 Å². The fraction of sp³-hybridized carbons (Fsp3) is 0.125. The van der Waals surface area contributed by atoms with Crippen LogP contribution in [0, 0.1) is 0 Å². The molecule has 0 N–H and O–H groups in total. The Labute approximate surface area is 90.3 Å². The normalized spacial score (nSPS) is 10.2. The van der Waals surface area contributed by atoms with Crippen LogP contribution in [-0.2, 0) is 0 Å². The predicted molar refractivity (Wildman–Crippen MR) is 52.8 cm³/mol. The van der Waals surface area contributed by atoms with E-state index < -0.39 is 10.3 Å². The van der Waals surface area contributed by atoms with Crippen molar-refractivity contribution in [1.29, 1.82) is 0 Å². The van der Waals surface area contributed by atoms with Gasteiger partial charge in [-0.1, -0.05) is 12.1 Å². The molecule has 1 aromatic carbocycles. The highest BCUT2D eigenvalue weighted by Gasteiger charge is 2.05. The van der Waals surface area contributed by atoms with E-state index in [0.29, 0.717) is 11.3 Å². The molecule has 0 aliphatic carbocycles.